The number of hydrogen-bond acceptors (Lipinski definition) is 3. The summed E-state index contributed by atoms with van der Waals surface area (Å²) in [5, 5.41) is 2.93. The zero-order chi connectivity index (χ0) is 18.5. The maximum Gasteiger partial charge on any atom is 0.265 e. The standard InChI is InChI=1S/C22H27NO3/c1-15(2)25-21-13-7-6-12-19(21)23-22(24)16(3)26-20-14-8-10-17-9-4-5-11-18(17)20/h6-8,10,12-16H,4-5,9,11H2,1-3H3,(H,23,24)/t16-/m0/s1. The molecule has 26 heavy (non-hydrogen) atoms. The Morgan fingerprint density at radius 3 is 2.46 bits per heavy atom. The van der Waals surface area contributed by atoms with Gasteiger partial charge in [-0.25, -0.2) is 0 Å². The summed E-state index contributed by atoms with van der Waals surface area (Å²) in [5.41, 5.74) is 3.26. The van der Waals surface area contributed by atoms with E-state index in [1.807, 2.05) is 50.2 Å². The largest absolute Gasteiger partial charge is 0.489 e. The molecule has 0 fully saturated rings. The van der Waals surface area contributed by atoms with Gasteiger partial charge in [0.15, 0.2) is 6.10 Å². The maximum absolute atomic E-state index is 12.6. The van der Waals surface area contributed by atoms with Crippen LogP contribution in [0.3, 0.4) is 0 Å². The minimum Gasteiger partial charge on any atom is -0.489 e. The van der Waals surface area contributed by atoms with E-state index in [4.69, 9.17) is 9.47 Å². The normalized spacial score (nSPS) is 14.5. The Morgan fingerprint density at radius 2 is 1.65 bits per heavy atom. The second kappa shape index (κ2) is 8.26. The van der Waals surface area contributed by atoms with E-state index in [0.717, 1.165) is 18.6 Å². The average Bonchev–Trinajstić information content (AvgIpc) is 2.63. The fourth-order valence-electron chi connectivity index (χ4n) is 3.26. The van der Waals surface area contributed by atoms with Crippen LogP contribution < -0.4 is 14.8 Å². The van der Waals surface area contributed by atoms with Crippen molar-refractivity contribution in [1.82, 2.24) is 0 Å². The number of rotatable bonds is 6. The minimum atomic E-state index is -0.587. The molecule has 1 aliphatic carbocycles. The minimum absolute atomic E-state index is 0.0394. The number of para-hydroxylation sites is 2. The summed E-state index contributed by atoms with van der Waals surface area (Å²) in [4.78, 5) is 12.6. The average molecular weight is 353 g/mol. The van der Waals surface area contributed by atoms with Gasteiger partial charge in [-0.3, -0.25) is 4.79 Å². The van der Waals surface area contributed by atoms with E-state index in [0.29, 0.717) is 11.4 Å². The van der Waals surface area contributed by atoms with Crippen LogP contribution >= 0.6 is 0 Å². The number of hydrogen-bond donors (Lipinski definition) is 1. The van der Waals surface area contributed by atoms with Gasteiger partial charge in [0.05, 0.1) is 11.8 Å². The first-order chi connectivity index (χ1) is 12.5. The van der Waals surface area contributed by atoms with E-state index in [9.17, 15) is 4.79 Å². The van der Waals surface area contributed by atoms with Gasteiger partial charge in [-0.1, -0.05) is 24.3 Å². The highest BCUT2D eigenvalue weighted by Gasteiger charge is 2.20. The number of fused-ring (bicyclic) bond motifs is 1. The van der Waals surface area contributed by atoms with Crippen LogP contribution in [0, 0.1) is 0 Å². The molecule has 3 rings (SSSR count). The molecule has 0 aliphatic heterocycles. The van der Waals surface area contributed by atoms with Crippen molar-refractivity contribution in [3.05, 3.63) is 53.6 Å². The van der Waals surface area contributed by atoms with Gasteiger partial charge in [0, 0.05) is 0 Å². The van der Waals surface area contributed by atoms with E-state index < -0.39 is 6.10 Å². The summed E-state index contributed by atoms with van der Waals surface area (Å²) in [7, 11) is 0. The Kier molecular flexibility index (Phi) is 5.82. The molecule has 2 aromatic carbocycles. The molecule has 4 heteroatoms. The number of benzene rings is 2. The zero-order valence-corrected chi connectivity index (χ0v) is 15.7. The number of carbonyl (C=O) groups excluding carboxylic acids is 1. The molecule has 1 N–H and O–H groups in total. The number of amides is 1. The lowest BCUT2D eigenvalue weighted by molar-refractivity contribution is -0.122. The number of anilines is 1. The van der Waals surface area contributed by atoms with E-state index in [1.54, 1.807) is 6.92 Å². The summed E-state index contributed by atoms with van der Waals surface area (Å²) in [6.07, 6.45) is 3.96. The van der Waals surface area contributed by atoms with Crippen molar-refractivity contribution in [2.45, 2.75) is 58.7 Å². The molecule has 1 aliphatic rings. The van der Waals surface area contributed by atoms with E-state index in [2.05, 4.69) is 11.4 Å². The summed E-state index contributed by atoms with van der Waals surface area (Å²) in [6.45, 7) is 5.70. The molecule has 0 spiro atoms. The molecule has 0 saturated carbocycles. The van der Waals surface area contributed by atoms with Crippen LogP contribution in [0.4, 0.5) is 5.69 Å². The zero-order valence-electron chi connectivity index (χ0n) is 15.7. The molecule has 4 nitrogen and oxygen atoms in total. The fraction of sp³-hybridized carbons (Fsp3) is 0.409. The molecular weight excluding hydrogens is 326 g/mol. The summed E-state index contributed by atoms with van der Waals surface area (Å²) in [6, 6.07) is 13.6. The topological polar surface area (TPSA) is 47.6 Å². The summed E-state index contributed by atoms with van der Waals surface area (Å²) < 4.78 is 11.8. The van der Waals surface area contributed by atoms with Crippen LogP contribution in [-0.4, -0.2) is 18.1 Å². The molecule has 1 amide bonds. The molecular formula is C22H27NO3. The number of carbonyl (C=O) groups is 1. The van der Waals surface area contributed by atoms with Gasteiger partial charge in [-0.05, 0) is 75.8 Å². The van der Waals surface area contributed by atoms with Crippen LogP contribution in [0.2, 0.25) is 0 Å². The SMILES string of the molecule is CC(C)Oc1ccccc1NC(=O)[C@H](C)Oc1cccc2c1CCCC2. The van der Waals surface area contributed by atoms with Crippen LogP contribution in [0.5, 0.6) is 11.5 Å². The smallest absolute Gasteiger partial charge is 0.265 e. The van der Waals surface area contributed by atoms with Crippen molar-refractivity contribution >= 4 is 11.6 Å². The lowest BCUT2D eigenvalue weighted by Gasteiger charge is -2.22. The Labute approximate surface area is 155 Å². The third kappa shape index (κ3) is 4.37. The predicted octanol–water partition coefficient (Wildman–Crippen LogP) is 4.76. The van der Waals surface area contributed by atoms with Crippen molar-refractivity contribution in [3.63, 3.8) is 0 Å². The van der Waals surface area contributed by atoms with Gasteiger partial charge in [0.1, 0.15) is 11.5 Å². The maximum atomic E-state index is 12.6. The third-order valence-corrected chi connectivity index (χ3v) is 4.53. The lowest BCUT2D eigenvalue weighted by atomic mass is 9.91. The van der Waals surface area contributed by atoms with E-state index >= 15 is 0 Å². The van der Waals surface area contributed by atoms with Gasteiger partial charge in [0.25, 0.3) is 5.91 Å². The first-order valence-electron chi connectivity index (χ1n) is 9.38. The molecule has 0 radical (unpaired) electrons. The van der Waals surface area contributed by atoms with Crippen molar-refractivity contribution in [2.24, 2.45) is 0 Å². The molecule has 0 unspecified atom stereocenters. The van der Waals surface area contributed by atoms with Crippen LogP contribution in [0.15, 0.2) is 42.5 Å². The number of ether oxygens (including phenoxy) is 2. The van der Waals surface area contributed by atoms with Crippen molar-refractivity contribution in [1.29, 1.82) is 0 Å². The van der Waals surface area contributed by atoms with Gasteiger partial charge in [-0.2, -0.15) is 0 Å². The summed E-state index contributed by atoms with van der Waals surface area (Å²) in [5.74, 6) is 1.31. The highest BCUT2D eigenvalue weighted by atomic mass is 16.5. The molecule has 2 aromatic rings. The van der Waals surface area contributed by atoms with Crippen molar-refractivity contribution in [3.8, 4) is 11.5 Å². The Hall–Kier alpha value is -2.49. The summed E-state index contributed by atoms with van der Waals surface area (Å²) >= 11 is 0. The molecule has 0 aromatic heterocycles. The molecule has 138 valence electrons. The van der Waals surface area contributed by atoms with Crippen LogP contribution in [0.1, 0.15) is 44.7 Å². The predicted molar refractivity (Wildman–Crippen MR) is 104 cm³/mol. The second-order valence-electron chi connectivity index (χ2n) is 7.01. The quantitative estimate of drug-likeness (QED) is 0.814. The van der Waals surface area contributed by atoms with Gasteiger partial charge < -0.3 is 14.8 Å². The lowest BCUT2D eigenvalue weighted by Crippen LogP contribution is -2.31. The Bertz CT molecular complexity index is 770. The third-order valence-electron chi connectivity index (χ3n) is 4.53. The van der Waals surface area contributed by atoms with Gasteiger partial charge >= 0.3 is 0 Å². The highest BCUT2D eigenvalue weighted by molar-refractivity contribution is 5.95. The fourth-order valence-corrected chi connectivity index (χ4v) is 3.26. The number of aryl methyl sites for hydroxylation is 1. The monoisotopic (exact) mass is 353 g/mol. The Balaban J connectivity index is 1.70. The first kappa shape index (κ1) is 18.3. The highest BCUT2D eigenvalue weighted by Crippen LogP contribution is 2.30. The van der Waals surface area contributed by atoms with Crippen molar-refractivity contribution < 1.29 is 14.3 Å². The van der Waals surface area contributed by atoms with Crippen LogP contribution in [0.25, 0.3) is 0 Å². The second-order valence-corrected chi connectivity index (χ2v) is 7.01. The Morgan fingerprint density at radius 1 is 0.923 bits per heavy atom. The van der Waals surface area contributed by atoms with E-state index in [1.165, 1.54) is 24.0 Å². The molecule has 0 heterocycles. The number of nitrogens with one attached hydrogen (secondary N) is 1. The molecule has 0 saturated heterocycles. The van der Waals surface area contributed by atoms with Crippen LogP contribution in [-0.2, 0) is 17.6 Å². The van der Waals surface area contributed by atoms with E-state index in [-0.39, 0.29) is 12.0 Å². The molecule has 0 bridgehead atoms. The van der Waals surface area contributed by atoms with Gasteiger partial charge in [-0.15, -0.1) is 0 Å². The first-order valence-corrected chi connectivity index (χ1v) is 9.38. The van der Waals surface area contributed by atoms with Crippen molar-refractivity contribution in [2.75, 3.05) is 5.32 Å². The molecule has 1 atom stereocenters. The van der Waals surface area contributed by atoms with Gasteiger partial charge in [0.2, 0.25) is 0 Å².